The maximum atomic E-state index is 6.11. The fourth-order valence-electron chi connectivity index (χ4n) is 3.20. The lowest BCUT2D eigenvalue weighted by Gasteiger charge is -2.27. The minimum absolute atomic E-state index is 0.0979. The Labute approximate surface area is 131 Å². The van der Waals surface area contributed by atoms with Crippen molar-refractivity contribution in [3.05, 3.63) is 29.9 Å². The average Bonchev–Trinajstić information content (AvgIpc) is 3.05. The first-order valence-corrected chi connectivity index (χ1v) is 7.71. The van der Waals surface area contributed by atoms with Crippen LogP contribution in [0.15, 0.2) is 27.2 Å². The summed E-state index contributed by atoms with van der Waals surface area (Å²) in [6, 6.07) is 3.96. The second kappa shape index (κ2) is 5.25. The molecule has 22 heavy (non-hydrogen) atoms. The van der Waals surface area contributed by atoms with Gasteiger partial charge in [-0.05, 0) is 53.2 Å². The zero-order valence-electron chi connectivity index (χ0n) is 13.9. The van der Waals surface area contributed by atoms with Crippen molar-refractivity contribution < 1.29 is 13.6 Å². The number of nitrogens with zero attached hydrogens (tertiary/aromatic N) is 1. The van der Waals surface area contributed by atoms with Crippen LogP contribution < -0.4 is 5.32 Å². The van der Waals surface area contributed by atoms with Crippen LogP contribution in [-0.4, -0.2) is 22.2 Å². The molecule has 1 atom stereocenters. The summed E-state index contributed by atoms with van der Waals surface area (Å²) < 4.78 is 17.1. The van der Waals surface area contributed by atoms with Crippen LogP contribution in [-0.2, 0) is 11.3 Å². The maximum Gasteiger partial charge on any atom is 0.263 e. The summed E-state index contributed by atoms with van der Waals surface area (Å²) >= 11 is 0. The Bertz CT molecular complexity index is 641. The third-order valence-corrected chi connectivity index (χ3v) is 4.21. The second-order valence-corrected chi connectivity index (χ2v) is 7.10. The maximum absolute atomic E-state index is 6.11. The van der Waals surface area contributed by atoms with Gasteiger partial charge >= 0.3 is 0 Å². The van der Waals surface area contributed by atoms with Crippen LogP contribution in [0.3, 0.4) is 0 Å². The molecule has 0 aromatic carbocycles. The molecule has 0 spiro atoms. The highest BCUT2D eigenvalue weighted by Crippen LogP contribution is 2.37. The minimum Gasteiger partial charge on any atom is -0.459 e. The first kappa shape index (κ1) is 15.3. The molecular formula is C17H24N2O3. The molecule has 5 heteroatoms. The fraction of sp³-hybridized carbons (Fsp3) is 0.588. The first-order chi connectivity index (χ1) is 10.3. The summed E-state index contributed by atoms with van der Waals surface area (Å²) in [6.07, 6.45) is 2.59. The van der Waals surface area contributed by atoms with E-state index in [9.17, 15) is 0 Å². The van der Waals surface area contributed by atoms with Crippen LogP contribution >= 0.6 is 0 Å². The third kappa shape index (κ3) is 2.96. The number of hydrogen-bond acceptors (Lipinski definition) is 5. The highest BCUT2D eigenvalue weighted by Gasteiger charge is 2.45. The average molecular weight is 304 g/mol. The molecule has 1 saturated heterocycles. The largest absolute Gasteiger partial charge is 0.459 e. The van der Waals surface area contributed by atoms with Crippen molar-refractivity contribution in [1.82, 2.24) is 10.3 Å². The van der Waals surface area contributed by atoms with Gasteiger partial charge in [0.1, 0.15) is 5.76 Å². The molecule has 2 aromatic rings. The van der Waals surface area contributed by atoms with Crippen molar-refractivity contribution in [2.24, 2.45) is 0 Å². The number of oxazole rings is 1. The van der Waals surface area contributed by atoms with Crippen molar-refractivity contribution in [1.29, 1.82) is 0 Å². The zero-order chi connectivity index (χ0) is 16.0. The van der Waals surface area contributed by atoms with Gasteiger partial charge in [-0.3, -0.25) is 0 Å². The molecule has 0 bridgehead atoms. The van der Waals surface area contributed by atoms with Crippen molar-refractivity contribution >= 4 is 0 Å². The highest BCUT2D eigenvalue weighted by atomic mass is 16.5. The smallest absolute Gasteiger partial charge is 0.263 e. The van der Waals surface area contributed by atoms with E-state index in [4.69, 9.17) is 13.6 Å². The van der Waals surface area contributed by atoms with Crippen LogP contribution in [0.1, 0.15) is 45.6 Å². The van der Waals surface area contributed by atoms with Gasteiger partial charge < -0.3 is 18.9 Å². The topological polar surface area (TPSA) is 60.4 Å². The molecule has 1 N–H and O–H groups in total. The molecule has 2 aromatic heterocycles. The van der Waals surface area contributed by atoms with Crippen molar-refractivity contribution in [3.63, 3.8) is 0 Å². The summed E-state index contributed by atoms with van der Waals surface area (Å²) in [5, 5.41) is 3.57. The minimum atomic E-state index is -0.190. The SMILES string of the molecule is Cc1oc(-c2ccco2)nc1CN[C@H]1CC(C)(C)OC1(C)C. The summed E-state index contributed by atoms with van der Waals surface area (Å²) in [6.45, 7) is 11.1. The quantitative estimate of drug-likeness (QED) is 0.933. The number of furan rings is 1. The van der Waals surface area contributed by atoms with Gasteiger partial charge in [-0.15, -0.1) is 0 Å². The van der Waals surface area contributed by atoms with Gasteiger partial charge in [0.25, 0.3) is 5.89 Å². The number of nitrogens with one attached hydrogen (secondary N) is 1. The lowest BCUT2D eigenvalue weighted by molar-refractivity contribution is -0.0699. The molecule has 1 aliphatic heterocycles. The van der Waals surface area contributed by atoms with E-state index in [-0.39, 0.29) is 17.2 Å². The number of ether oxygens (including phenoxy) is 1. The molecule has 5 nitrogen and oxygen atoms in total. The van der Waals surface area contributed by atoms with Gasteiger partial charge in [0.15, 0.2) is 5.76 Å². The van der Waals surface area contributed by atoms with Crippen LogP contribution in [0.4, 0.5) is 0 Å². The summed E-state index contributed by atoms with van der Waals surface area (Å²) in [4.78, 5) is 4.53. The first-order valence-electron chi connectivity index (χ1n) is 7.71. The van der Waals surface area contributed by atoms with Crippen molar-refractivity contribution in [3.8, 4) is 11.7 Å². The lowest BCUT2D eigenvalue weighted by atomic mass is 9.94. The lowest BCUT2D eigenvalue weighted by Crippen LogP contribution is -2.43. The van der Waals surface area contributed by atoms with Crippen LogP contribution in [0.2, 0.25) is 0 Å². The van der Waals surface area contributed by atoms with Crippen LogP contribution in [0.5, 0.6) is 0 Å². The second-order valence-electron chi connectivity index (χ2n) is 7.10. The number of aromatic nitrogens is 1. The van der Waals surface area contributed by atoms with E-state index >= 15 is 0 Å². The van der Waals surface area contributed by atoms with Crippen LogP contribution in [0, 0.1) is 6.92 Å². The Morgan fingerprint density at radius 3 is 2.68 bits per heavy atom. The Morgan fingerprint density at radius 1 is 1.32 bits per heavy atom. The Kier molecular flexibility index (Phi) is 3.65. The molecule has 0 aliphatic carbocycles. The molecule has 1 aliphatic rings. The molecule has 0 amide bonds. The van der Waals surface area contributed by atoms with Gasteiger partial charge in [0.2, 0.25) is 0 Å². The summed E-state index contributed by atoms with van der Waals surface area (Å²) in [5.74, 6) is 2.00. The molecule has 0 unspecified atom stereocenters. The summed E-state index contributed by atoms with van der Waals surface area (Å²) in [7, 11) is 0. The van der Waals surface area contributed by atoms with Gasteiger partial charge in [0, 0.05) is 12.6 Å². The Balaban J connectivity index is 1.70. The molecule has 3 rings (SSSR count). The van der Waals surface area contributed by atoms with Gasteiger partial charge in [0.05, 0.1) is 23.2 Å². The predicted molar refractivity (Wildman–Crippen MR) is 83.4 cm³/mol. The molecule has 0 saturated carbocycles. The van der Waals surface area contributed by atoms with E-state index in [1.54, 1.807) is 6.26 Å². The number of rotatable bonds is 4. The van der Waals surface area contributed by atoms with E-state index in [1.807, 2.05) is 19.1 Å². The summed E-state index contributed by atoms with van der Waals surface area (Å²) in [5.41, 5.74) is 0.622. The van der Waals surface area contributed by atoms with E-state index in [1.165, 1.54) is 0 Å². The highest BCUT2D eigenvalue weighted by molar-refractivity contribution is 5.44. The van der Waals surface area contributed by atoms with Crippen molar-refractivity contribution in [2.45, 2.75) is 64.8 Å². The van der Waals surface area contributed by atoms with Gasteiger partial charge in [-0.2, -0.15) is 0 Å². The van der Waals surface area contributed by atoms with E-state index in [0.717, 1.165) is 17.9 Å². The molecule has 120 valence electrons. The van der Waals surface area contributed by atoms with E-state index in [2.05, 4.69) is 38.0 Å². The van der Waals surface area contributed by atoms with Gasteiger partial charge in [-0.25, -0.2) is 4.98 Å². The predicted octanol–water partition coefficient (Wildman–Crippen LogP) is 3.68. The number of aryl methyl sites for hydroxylation is 1. The number of hydrogen-bond donors (Lipinski definition) is 1. The van der Waals surface area contributed by atoms with Crippen LogP contribution in [0.25, 0.3) is 11.7 Å². The normalized spacial score (nSPS) is 23.0. The molecular weight excluding hydrogens is 280 g/mol. The molecule has 3 heterocycles. The third-order valence-electron chi connectivity index (χ3n) is 4.21. The van der Waals surface area contributed by atoms with E-state index < -0.39 is 0 Å². The van der Waals surface area contributed by atoms with Crippen molar-refractivity contribution in [2.75, 3.05) is 0 Å². The Hall–Kier alpha value is -1.59. The standard InChI is InChI=1S/C17H24N2O3/c1-11-12(19-15(21-11)13-7-6-8-20-13)10-18-14-9-16(2,3)22-17(14,4)5/h6-8,14,18H,9-10H2,1-5H3/t14-/m0/s1. The van der Waals surface area contributed by atoms with E-state index in [0.29, 0.717) is 18.2 Å². The zero-order valence-corrected chi connectivity index (χ0v) is 13.9. The Morgan fingerprint density at radius 2 is 2.09 bits per heavy atom. The molecule has 1 fully saturated rings. The molecule has 0 radical (unpaired) electrons. The fourth-order valence-corrected chi connectivity index (χ4v) is 3.20. The monoisotopic (exact) mass is 304 g/mol. The van der Waals surface area contributed by atoms with Gasteiger partial charge in [-0.1, -0.05) is 0 Å².